The molecule has 0 aliphatic carbocycles. The SMILES string of the molecule is CCCn1ncnc1CS(=O)(=O)c1ccccc1C(=O)O. The van der Waals surface area contributed by atoms with E-state index in [9.17, 15) is 13.2 Å². The molecule has 0 unspecified atom stereocenters. The summed E-state index contributed by atoms with van der Waals surface area (Å²) in [5.74, 6) is -1.35. The van der Waals surface area contributed by atoms with Gasteiger partial charge in [-0.25, -0.2) is 22.9 Å². The first-order valence-corrected chi connectivity index (χ1v) is 8.02. The average molecular weight is 309 g/mol. The van der Waals surface area contributed by atoms with Crippen molar-refractivity contribution in [1.29, 1.82) is 0 Å². The molecule has 1 heterocycles. The summed E-state index contributed by atoms with van der Waals surface area (Å²) < 4.78 is 26.4. The Labute approximate surface area is 122 Å². The standard InChI is InChI=1S/C13H15N3O4S/c1-2-7-16-12(14-9-15-16)8-21(19,20)11-6-4-3-5-10(11)13(17)18/h3-6,9H,2,7-8H2,1H3,(H,17,18). The number of hydrogen-bond donors (Lipinski definition) is 1. The van der Waals surface area contributed by atoms with Gasteiger partial charge in [-0.1, -0.05) is 19.1 Å². The first-order chi connectivity index (χ1) is 9.95. The third kappa shape index (κ3) is 3.27. The van der Waals surface area contributed by atoms with Crippen molar-refractivity contribution >= 4 is 15.8 Å². The fraction of sp³-hybridized carbons (Fsp3) is 0.308. The van der Waals surface area contributed by atoms with E-state index in [-0.39, 0.29) is 16.2 Å². The molecule has 0 bridgehead atoms. The van der Waals surface area contributed by atoms with Crippen molar-refractivity contribution < 1.29 is 18.3 Å². The van der Waals surface area contributed by atoms with Crippen molar-refractivity contribution in [1.82, 2.24) is 14.8 Å². The van der Waals surface area contributed by atoms with Crippen LogP contribution in [0, 0.1) is 0 Å². The van der Waals surface area contributed by atoms with E-state index in [0.29, 0.717) is 12.4 Å². The fourth-order valence-corrected chi connectivity index (χ4v) is 3.46. The van der Waals surface area contributed by atoms with Crippen molar-refractivity contribution in [2.24, 2.45) is 0 Å². The van der Waals surface area contributed by atoms with Crippen LogP contribution in [0.1, 0.15) is 29.5 Å². The fourth-order valence-electron chi connectivity index (χ4n) is 1.96. The average Bonchev–Trinajstić information content (AvgIpc) is 2.86. The number of carboxylic acids is 1. The number of hydrogen-bond acceptors (Lipinski definition) is 5. The zero-order valence-corrected chi connectivity index (χ0v) is 12.2. The summed E-state index contributed by atoms with van der Waals surface area (Å²) in [6, 6.07) is 5.55. The van der Waals surface area contributed by atoms with E-state index in [1.165, 1.54) is 35.3 Å². The highest BCUT2D eigenvalue weighted by Gasteiger charge is 2.24. The summed E-state index contributed by atoms with van der Waals surface area (Å²) in [5.41, 5.74) is -0.237. The zero-order valence-electron chi connectivity index (χ0n) is 11.4. The Kier molecular flexibility index (Phi) is 4.37. The second-order valence-corrected chi connectivity index (χ2v) is 6.42. The molecule has 112 valence electrons. The van der Waals surface area contributed by atoms with Crippen LogP contribution in [0.3, 0.4) is 0 Å². The maximum absolute atomic E-state index is 12.4. The summed E-state index contributed by atoms with van der Waals surface area (Å²) in [5, 5.41) is 13.1. The molecule has 0 saturated heterocycles. The number of nitrogens with zero attached hydrogens (tertiary/aromatic N) is 3. The van der Waals surface area contributed by atoms with Gasteiger partial charge in [-0.05, 0) is 18.6 Å². The highest BCUT2D eigenvalue weighted by atomic mass is 32.2. The predicted molar refractivity (Wildman–Crippen MR) is 74.6 cm³/mol. The van der Waals surface area contributed by atoms with E-state index in [1.54, 1.807) is 0 Å². The van der Waals surface area contributed by atoms with E-state index in [1.807, 2.05) is 6.92 Å². The number of aromatic nitrogens is 3. The Hall–Kier alpha value is -2.22. The van der Waals surface area contributed by atoms with Crippen molar-refractivity contribution in [3.05, 3.63) is 42.0 Å². The minimum atomic E-state index is -3.80. The smallest absolute Gasteiger partial charge is 0.337 e. The molecule has 0 saturated carbocycles. The van der Waals surface area contributed by atoms with Crippen LogP contribution in [0.15, 0.2) is 35.5 Å². The van der Waals surface area contributed by atoms with Crippen LogP contribution in [-0.2, 0) is 22.1 Å². The molecule has 0 atom stereocenters. The van der Waals surface area contributed by atoms with Gasteiger partial charge in [0, 0.05) is 6.54 Å². The molecule has 0 aliphatic heterocycles. The number of benzene rings is 1. The zero-order chi connectivity index (χ0) is 15.5. The molecule has 0 fully saturated rings. The molecule has 0 radical (unpaired) electrons. The van der Waals surface area contributed by atoms with Crippen molar-refractivity contribution in [3.63, 3.8) is 0 Å². The second-order valence-electron chi connectivity index (χ2n) is 4.46. The summed E-state index contributed by atoms with van der Waals surface area (Å²) >= 11 is 0. The lowest BCUT2D eigenvalue weighted by Crippen LogP contribution is -2.15. The molecule has 1 aromatic carbocycles. The Balaban J connectivity index is 2.39. The Bertz CT molecular complexity index is 752. The second kappa shape index (κ2) is 6.04. The maximum Gasteiger partial charge on any atom is 0.337 e. The molecule has 7 nitrogen and oxygen atoms in total. The Morgan fingerprint density at radius 3 is 2.71 bits per heavy atom. The summed E-state index contributed by atoms with van der Waals surface area (Å²) in [7, 11) is -3.80. The lowest BCUT2D eigenvalue weighted by atomic mass is 10.2. The molecule has 0 amide bonds. The van der Waals surface area contributed by atoms with Gasteiger partial charge in [-0.2, -0.15) is 5.10 Å². The number of aromatic carboxylic acids is 1. The first kappa shape index (κ1) is 15.2. The van der Waals surface area contributed by atoms with Crippen molar-refractivity contribution in [2.45, 2.75) is 30.5 Å². The van der Waals surface area contributed by atoms with Crippen LogP contribution in [0.25, 0.3) is 0 Å². The van der Waals surface area contributed by atoms with Crippen molar-refractivity contribution in [2.75, 3.05) is 0 Å². The first-order valence-electron chi connectivity index (χ1n) is 6.37. The van der Waals surface area contributed by atoms with E-state index in [4.69, 9.17) is 5.11 Å². The maximum atomic E-state index is 12.4. The molecule has 1 N–H and O–H groups in total. The Morgan fingerprint density at radius 1 is 1.33 bits per heavy atom. The number of rotatable bonds is 6. The summed E-state index contributed by atoms with van der Waals surface area (Å²) in [6.45, 7) is 2.51. The van der Waals surface area contributed by atoms with Gasteiger partial charge in [0.2, 0.25) is 0 Å². The van der Waals surface area contributed by atoms with Gasteiger partial charge in [-0.15, -0.1) is 0 Å². The van der Waals surface area contributed by atoms with Crippen LogP contribution >= 0.6 is 0 Å². The molecule has 1 aromatic heterocycles. The summed E-state index contributed by atoms with van der Waals surface area (Å²) in [4.78, 5) is 14.9. The number of aryl methyl sites for hydroxylation is 1. The normalized spacial score (nSPS) is 11.5. The molecule has 0 aliphatic rings. The van der Waals surface area contributed by atoms with Gasteiger partial charge in [0.05, 0.1) is 10.5 Å². The van der Waals surface area contributed by atoms with Crippen molar-refractivity contribution in [3.8, 4) is 0 Å². The molecular weight excluding hydrogens is 294 g/mol. The van der Waals surface area contributed by atoms with Crippen LogP contribution < -0.4 is 0 Å². The van der Waals surface area contributed by atoms with E-state index >= 15 is 0 Å². The predicted octanol–water partition coefficient (Wildman–Crippen LogP) is 1.36. The monoisotopic (exact) mass is 309 g/mol. The van der Waals surface area contributed by atoms with Crippen LogP contribution in [0.2, 0.25) is 0 Å². The molecule has 2 rings (SSSR count). The van der Waals surface area contributed by atoms with Gasteiger partial charge in [0.1, 0.15) is 17.9 Å². The largest absolute Gasteiger partial charge is 0.478 e. The quantitative estimate of drug-likeness (QED) is 0.864. The van der Waals surface area contributed by atoms with E-state index in [0.717, 1.165) is 6.42 Å². The van der Waals surface area contributed by atoms with Crippen LogP contribution in [0.4, 0.5) is 0 Å². The van der Waals surface area contributed by atoms with Crippen LogP contribution in [0.5, 0.6) is 0 Å². The number of carbonyl (C=O) groups is 1. The topological polar surface area (TPSA) is 102 Å². The summed E-state index contributed by atoms with van der Waals surface area (Å²) in [6.07, 6.45) is 2.09. The van der Waals surface area contributed by atoms with E-state index in [2.05, 4.69) is 10.1 Å². The highest BCUT2D eigenvalue weighted by Crippen LogP contribution is 2.20. The minimum absolute atomic E-state index is 0.205. The third-order valence-corrected chi connectivity index (χ3v) is 4.57. The van der Waals surface area contributed by atoms with Gasteiger partial charge >= 0.3 is 5.97 Å². The van der Waals surface area contributed by atoms with Gasteiger partial charge in [0.15, 0.2) is 9.84 Å². The van der Waals surface area contributed by atoms with Gasteiger partial charge in [-0.3, -0.25) is 0 Å². The molecular formula is C13H15N3O4S. The lowest BCUT2D eigenvalue weighted by Gasteiger charge is -2.08. The van der Waals surface area contributed by atoms with Gasteiger partial charge < -0.3 is 5.11 Å². The number of sulfone groups is 1. The third-order valence-electron chi connectivity index (χ3n) is 2.90. The highest BCUT2D eigenvalue weighted by molar-refractivity contribution is 7.90. The van der Waals surface area contributed by atoms with Crippen LogP contribution in [-0.4, -0.2) is 34.3 Å². The minimum Gasteiger partial charge on any atom is -0.478 e. The Morgan fingerprint density at radius 2 is 2.05 bits per heavy atom. The van der Waals surface area contributed by atoms with E-state index < -0.39 is 15.8 Å². The molecule has 0 spiro atoms. The van der Waals surface area contributed by atoms with Gasteiger partial charge in [0.25, 0.3) is 0 Å². The molecule has 21 heavy (non-hydrogen) atoms. The molecule has 8 heteroatoms. The lowest BCUT2D eigenvalue weighted by molar-refractivity contribution is 0.0692. The number of carboxylic acid groups (broad SMARTS) is 1. The molecule has 2 aromatic rings.